The van der Waals surface area contributed by atoms with Crippen LogP contribution in [0, 0.1) is 0 Å². The highest BCUT2D eigenvalue weighted by atomic mass is 28.4. The normalized spacial score (nSPS) is 12.2. The standard InChI is InChI=1S/C19H23N3OSi/c1-22-14-21-17-10-9-15(11-18(17)22)12-20-13-16-7-5-6-8-19(16)23-24(2,3)4/h5-12,14H,13H2,1-4H3/b20-12-. The quantitative estimate of drug-likeness (QED) is 0.511. The second-order valence-electron chi connectivity index (χ2n) is 6.90. The zero-order valence-electron chi connectivity index (χ0n) is 14.7. The number of aryl methyl sites for hydroxylation is 1. The van der Waals surface area contributed by atoms with Crippen LogP contribution in [-0.2, 0) is 13.6 Å². The number of aromatic nitrogens is 2. The van der Waals surface area contributed by atoms with Crippen LogP contribution in [0.1, 0.15) is 11.1 Å². The first kappa shape index (κ1) is 16.5. The van der Waals surface area contributed by atoms with Gasteiger partial charge in [0.15, 0.2) is 0 Å². The van der Waals surface area contributed by atoms with Gasteiger partial charge in [-0.25, -0.2) is 4.98 Å². The minimum absolute atomic E-state index is 0.615. The lowest BCUT2D eigenvalue weighted by atomic mass is 10.2. The van der Waals surface area contributed by atoms with Gasteiger partial charge in [0.2, 0.25) is 8.32 Å². The van der Waals surface area contributed by atoms with E-state index in [9.17, 15) is 0 Å². The van der Waals surface area contributed by atoms with E-state index < -0.39 is 8.32 Å². The predicted octanol–water partition coefficient (Wildman–Crippen LogP) is 4.41. The molecule has 3 rings (SSSR count). The lowest BCUT2D eigenvalue weighted by Gasteiger charge is -2.21. The SMILES string of the molecule is Cn1cnc2ccc(/C=N\Cc3ccccc3O[Si](C)(C)C)cc21. The van der Waals surface area contributed by atoms with Gasteiger partial charge in [-0.15, -0.1) is 0 Å². The van der Waals surface area contributed by atoms with Crippen molar-refractivity contribution in [1.29, 1.82) is 0 Å². The number of para-hydroxylation sites is 1. The van der Waals surface area contributed by atoms with Crippen molar-refractivity contribution in [2.24, 2.45) is 12.0 Å². The molecule has 5 heteroatoms. The van der Waals surface area contributed by atoms with Gasteiger partial charge < -0.3 is 8.99 Å². The number of benzene rings is 2. The Morgan fingerprint density at radius 2 is 1.96 bits per heavy atom. The van der Waals surface area contributed by atoms with Crippen LogP contribution >= 0.6 is 0 Å². The van der Waals surface area contributed by atoms with Gasteiger partial charge in [-0.2, -0.15) is 0 Å². The highest BCUT2D eigenvalue weighted by Gasteiger charge is 2.17. The summed E-state index contributed by atoms with van der Waals surface area (Å²) in [5.41, 5.74) is 4.32. The van der Waals surface area contributed by atoms with Crippen LogP contribution in [-0.4, -0.2) is 24.1 Å². The number of nitrogens with zero attached hydrogens (tertiary/aromatic N) is 3. The van der Waals surface area contributed by atoms with E-state index in [0.29, 0.717) is 6.54 Å². The third-order valence-corrected chi connectivity index (χ3v) is 4.47. The van der Waals surface area contributed by atoms with Gasteiger partial charge in [0.1, 0.15) is 5.75 Å². The van der Waals surface area contributed by atoms with Crippen LogP contribution < -0.4 is 4.43 Å². The Labute approximate surface area is 144 Å². The largest absolute Gasteiger partial charge is 0.544 e. The maximum atomic E-state index is 6.15. The summed E-state index contributed by atoms with van der Waals surface area (Å²) in [5, 5.41) is 0. The summed E-state index contributed by atoms with van der Waals surface area (Å²) >= 11 is 0. The molecule has 0 N–H and O–H groups in total. The van der Waals surface area contributed by atoms with Crippen LogP contribution in [0.2, 0.25) is 19.6 Å². The van der Waals surface area contributed by atoms with E-state index in [1.54, 1.807) is 0 Å². The molecule has 0 aliphatic rings. The first-order chi connectivity index (χ1) is 11.4. The molecule has 0 saturated heterocycles. The second-order valence-corrected chi connectivity index (χ2v) is 11.3. The predicted molar refractivity (Wildman–Crippen MR) is 102 cm³/mol. The maximum Gasteiger partial charge on any atom is 0.242 e. The molecule has 1 aromatic heterocycles. The second kappa shape index (κ2) is 6.61. The number of fused-ring (bicyclic) bond motifs is 1. The molecule has 0 fully saturated rings. The molecule has 2 aromatic carbocycles. The Morgan fingerprint density at radius 3 is 2.75 bits per heavy atom. The first-order valence-electron chi connectivity index (χ1n) is 8.10. The van der Waals surface area contributed by atoms with Gasteiger partial charge in [0, 0.05) is 18.8 Å². The van der Waals surface area contributed by atoms with Crippen molar-refractivity contribution in [3.05, 3.63) is 59.9 Å². The molecule has 0 unspecified atom stereocenters. The van der Waals surface area contributed by atoms with Crippen molar-refractivity contribution >= 4 is 25.6 Å². The molecule has 0 saturated carbocycles. The highest BCUT2D eigenvalue weighted by Crippen LogP contribution is 2.22. The third-order valence-electron chi connectivity index (χ3n) is 3.64. The average molecular weight is 337 g/mol. The van der Waals surface area contributed by atoms with Crippen LogP contribution in [0.3, 0.4) is 0 Å². The monoisotopic (exact) mass is 337 g/mol. The molecule has 0 amide bonds. The van der Waals surface area contributed by atoms with Gasteiger partial charge in [-0.05, 0) is 43.4 Å². The van der Waals surface area contributed by atoms with Crippen LogP contribution in [0.15, 0.2) is 53.8 Å². The highest BCUT2D eigenvalue weighted by molar-refractivity contribution is 6.70. The Morgan fingerprint density at radius 1 is 1.17 bits per heavy atom. The fourth-order valence-electron chi connectivity index (χ4n) is 2.54. The summed E-state index contributed by atoms with van der Waals surface area (Å²) in [7, 11) is 0.377. The summed E-state index contributed by atoms with van der Waals surface area (Å²) in [4.78, 5) is 8.94. The topological polar surface area (TPSA) is 39.4 Å². The molecule has 0 bridgehead atoms. The fraction of sp³-hybridized carbons (Fsp3) is 0.263. The Kier molecular flexibility index (Phi) is 4.53. The van der Waals surface area contributed by atoms with E-state index in [-0.39, 0.29) is 0 Å². The van der Waals surface area contributed by atoms with E-state index in [0.717, 1.165) is 27.9 Å². The summed E-state index contributed by atoms with van der Waals surface area (Å²) in [6.45, 7) is 7.19. The lowest BCUT2D eigenvalue weighted by molar-refractivity contribution is 0.549. The number of rotatable bonds is 5. The maximum absolute atomic E-state index is 6.15. The molecule has 3 aromatic rings. The van der Waals surface area contributed by atoms with Crippen LogP contribution in [0.5, 0.6) is 5.75 Å². The Hall–Kier alpha value is -2.40. The molecule has 0 radical (unpaired) electrons. The Balaban J connectivity index is 1.77. The zero-order valence-corrected chi connectivity index (χ0v) is 15.7. The van der Waals surface area contributed by atoms with Crippen molar-refractivity contribution in [2.45, 2.75) is 26.2 Å². The average Bonchev–Trinajstić information content (AvgIpc) is 2.89. The molecule has 1 heterocycles. The van der Waals surface area contributed by atoms with Gasteiger partial charge in [-0.3, -0.25) is 4.99 Å². The molecule has 24 heavy (non-hydrogen) atoms. The van der Waals surface area contributed by atoms with Crippen molar-refractivity contribution in [3.63, 3.8) is 0 Å². The molecule has 0 aliphatic heterocycles. The van der Waals surface area contributed by atoms with Crippen molar-refractivity contribution in [3.8, 4) is 5.75 Å². The summed E-state index contributed by atoms with van der Waals surface area (Å²) in [6, 6.07) is 14.3. The summed E-state index contributed by atoms with van der Waals surface area (Å²) in [5.74, 6) is 0.955. The van der Waals surface area contributed by atoms with E-state index in [1.807, 2.05) is 54.5 Å². The van der Waals surface area contributed by atoms with Gasteiger partial charge in [-0.1, -0.05) is 24.3 Å². The minimum atomic E-state index is -1.62. The van der Waals surface area contributed by atoms with E-state index in [2.05, 4.69) is 41.8 Å². The van der Waals surface area contributed by atoms with Gasteiger partial charge >= 0.3 is 0 Å². The van der Waals surface area contributed by atoms with Crippen LogP contribution in [0.4, 0.5) is 0 Å². The summed E-state index contributed by atoms with van der Waals surface area (Å²) < 4.78 is 8.17. The Bertz CT molecular complexity index is 878. The first-order valence-corrected chi connectivity index (χ1v) is 11.5. The van der Waals surface area contributed by atoms with Crippen LogP contribution in [0.25, 0.3) is 11.0 Å². The van der Waals surface area contributed by atoms with Gasteiger partial charge in [0.05, 0.1) is 23.9 Å². The van der Waals surface area contributed by atoms with E-state index in [4.69, 9.17) is 4.43 Å². The smallest absolute Gasteiger partial charge is 0.242 e. The number of hydrogen-bond acceptors (Lipinski definition) is 3. The molecule has 0 spiro atoms. The summed E-state index contributed by atoms with van der Waals surface area (Å²) in [6.07, 6.45) is 3.74. The van der Waals surface area contributed by atoms with E-state index >= 15 is 0 Å². The van der Waals surface area contributed by atoms with Crippen molar-refractivity contribution in [1.82, 2.24) is 9.55 Å². The zero-order chi connectivity index (χ0) is 17.2. The van der Waals surface area contributed by atoms with Gasteiger partial charge in [0.25, 0.3) is 0 Å². The fourth-order valence-corrected chi connectivity index (χ4v) is 3.40. The molecule has 0 atom stereocenters. The third kappa shape index (κ3) is 3.92. The molecule has 124 valence electrons. The number of hydrogen-bond donors (Lipinski definition) is 0. The molecular formula is C19H23N3OSi. The number of imidazole rings is 1. The van der Waals surface area contributed by atoms with E-state index in [1.165, 1.54) is 0 Å². The minimum Gasteiger partial charge on any atom is -0.544 e. The number of aliphatic imine (C=N–C) groups is 1. The molecule has 4 nitrogen and oxygen atoms in total. The van der Waals surface area contributed by atoms with Crippen molar-refractivity contribution in [2.75, 3.05) is 0 Å². The molecular weight excluding hydrogens is 314 g/mol. The van der Waals surface area contributed by atoms with Crippen molar-refractivity contribution < 1.29 is 4.43 Å². The lowest BCUT2D eigenvalue weighted by Crippen LogP contribution is -2.29. The molecule has 0 aliphatic carbocycles.